The Kier molecular flexibility index (Phi) is 5.30. The summed E-state index contributed by atoms with van der Waals surface area (Å²) in [6.45, 7) is 1.24. The van der Waals surface area contributed by atoms with Crippen LogP contribution in [0, 0.1) is 5.92 Å². The fourth-order valence-corrected chi connectivity index (χ4v) is 6.11. The van der Waals surface area contributed by atoms with Gasteiger partial charge in [0, 0.05) is 23.5 Å². The Bertz CT molecular complexity index is 931. The van der Waals surface area contributed by atoms with Gasteiger partial charge >= 0.3 is 0 Å². The minimum atomic E-state index is -3.49. The van der Waals surface area contributed by atoms with Gasteiger partial charge in [0.1, 0.15) is 5.60 Å². The van der Waals surface area contributed by atoms with Crippen molar-refractivity contribution in [1.29, 1.82) is 0 Å². The second kappa shape index (κ2) is 7.59. The highest BCUT2D eigenvalue weighted by molar-refractivity contribution is 7.89. The standard InChI is InChI=1S/C20H24N2O4S2/c23-19(21-14-20(24,16-7-8-16)18-4-3-13-27-18)15-5-9-17(10-6-15)28(25,26)22-11-1-2-12-22/h3-6,9-10,13,16,24H,1-2,7-8,11-12,14H2,(H,21,23). The number of carbonyl (C=O) groups excluding carboxylic acids is 1. The van der Waals surface area contributed by atoms with E-state index in [1.807, 2.05) is 17.5 Å². The third-order valence-electron chi connectivity index (χ3n) is 5.54. The molecule has 1 unspecified atom stereocenters. The predicted octanol–water partition coefficient (Wildman–Crippen LogP) is 2.56. The van der Waals surface area contributed by atoms with E-state index in [4.69, 9.17) is 0 Å². The van der Waals surface area contributed by atoms with Crippen LogP contribution in [0.1, 0.15) is 40.9 Å². The Labute approximate surface area is 169 Å². The van der Waals surface area contributed by atoms with Gasteiger partial charge in [0.05, 0.1) is 11.4 Å². The van der Waals surface area contributed by atoms with Crippen LogP contribution in [0.3, 0.4) is 0 Å². The fourth-order valence-electron chi connectivity index (χ4n) is 3.69. The fraction of sp³-hybridized carbons (Fsp3) is 0.450. The summed E-state index contributed by atoms with van der Waals surface area (Å²) < 4.78 is 26.6. The molecule has 28 heavy (non-hydrogen) atoms. The van der Waals surface area contributed by atoms with Gasteiger partial charge in [-0.3, -0.25) is 4.79 Å². The molecule has 1 aliphatic heterocycles. The number of aliphatic hydroxyl groups is 1. The molecule has 0 bridgehead atoms. The Morgan fingerprint density at radius 2 is 1.86 bits per heavy atom. The van der Waals surface area contributed by atoms with Crippen molar-refractivity contribution in [3.8, 4) is 0 Å². The Morgan fingerprint density at radius 1 is 1.18 bits per heavy atom. The predicted molar refractivity (Wildman–Crippen MR) is 108 cm³/mol. The highest BCUT2D eigenvalue weighted by Gasteiger charge is 2.46. The lowest BCUT2D eigenvalue weighted by atomic mass is 9.95. The van der Waals surface area contributed by atoms with E-state index in [0.29, 0.717) is 18.7 Å². The average Bonchev–Trinajstić information content (AvgIpc) is 3.18. The summed E-state index contributed by atoms with van der Waals surface area (Å²) in [7, 11) is -3.49. The maximum Gasteiger partial charge on any atom is 0.251 e. The van der Waals surface area contributed by atoms with Crippen molar-refractivity contribution >= 4 is 27.3 Å². The first-order valence-corrected chi connectivity index (χ1v) is 11.9. The van der Waals surface area contributed by atoms with Crippen LogP contribution >= 0.6 is 11.3 Å². The van der Waals surface area contributed by atoms with Gasteiger partial charge in [-0.05, 0) is 67.3 Å². The Balaban J connectivity index is 1.44. The normalized spacial score (nSPS) is 20.0. The van der Waals surface area contributed by atoms with E-state index in [2.05, 4.69) is 5.32 Å². The van der Waals surface area contributed by atoms with Gasteiger partial charge in [-0.15, -0.1) is 11.3 Å². The number of benzene rings is 1. The van der Waals surface area contributed by atoms with E-state index in [1.165, 1.54) is 39.9 Å². The molecule has 150 valence electrons. The van der Waals surface area contributed by atoms with Gasteiger partial charge in [0.15, 0.2) is 0 Å². The molecule has 1 saturated heterocycles. The molecule has 2 fully saturated rings. The van der Waals surface area contributed by atoms with Crippen molar-refractivity contribution in [3.05, 3.63) is 52.2 Å². The number of rotatable bonds is 7. The van der Waals surface area contributed by atoms with Crippen LogP contribution in [-0.4, -0.2) is 43.4 Å². The molecule has 0 radical (unpaired) electrons. The molecule has 1 amide bonds. The van der Waals surface area contributed by atoms with Crippen LogP contribution in [0.5, 0.6) is 0 Å². The van der Waals surface area contributed by atoms with E-state index in [9.17, 15) is 18.3 Å². The van der Waals surface area contributed by atoms with Crippen molar-refractivity contribution < 1.29 is 18.3 Å². The molecular weight excluding hydrogens is 396 g/mol. The molecule has 6 nitrogen and oxygen atoms in total. The minimum absolute atomic E-state index is 0.144. The molecule has 4 rings (SSSR count). The van der Waals surface area contributed by atoms with Crippen LogP contribution in [-0.2, 0) is 15.6 Å². The second-order valence-corrected chi connectivity index (χ2v) is 10.4. The van der Waals surface area contributed by atoms with Gasteiger partial charge in [-0.2, -0.15) is 4.31 Å². The molecule has 8 heteroatoms. The number of hydrogen-bond acceptors (Lipinski definition) is 5. The zero-order valence-electron chi connectivity index (χ0n) is 15.5. The summed E-state index contributed by atoms with van der Waals surface area (Å²) in [5, 5.41) is 15.8. The van der Waals surface area contributed by atoms with Crippen molar-refractivity contribution in [2.24, 2.45) is 5.92 Å². The third kappa shape index (κ3) is 3.74. The number of thiophene rings is 1. The molecular formula is C20H24N2O4S2. The van der Waals surface area contributed by atoms with Gasteiger partial charge in [0.2, 0.25) is 10.0 Å². The largest absolute Gasteiger partial charge is 0.382 e. The summed E-state index contributed by atoms with van der Waals surface area (Å²) in [6.07, 6.45) is 3.67. The third-order valence-corrected chi connectivity index (χ3v) is 8.49. The number of carbonyl (C=O) groups is 1. The number of hydrogen-bond donors (Lipinski definition) is 2. The summed E-state index contributed by atoms with van der Waals surface area (Å²) in [4.78, 5) is 13.6. The van der Waals surface area contributed by atoms with Crippen molar-refractivity contribution in [3.63, 3.8) is 0 Å². The number of nitrogens with zero attached hydrogens (tertiary/aromatic N) is 1. The Morgan fingerprint density at radius 3 is 2.43 bits per heavy atom. The molecule has 2 aromatic rings. The van der Waals surface area contributed by atoms with Crippen LogP contribution in [0.25, 0.3) is 0 Å². The molecule has 1 aliphatic carbocycles. The first-order chi connectivity index (χ1) is 13.4. The number of sulfonamides is 1. The summed E-state index contributed by atoms with van der Waals surface area (Å²) in [6, 6.07) is 9.81. The van der Waals surface area contributed by atoms with E-state index in [0.717, 1.165) is 30.6 Å². The van der Waals surface area contributed by atoms with E-state index in [1.54, 1.807) is 0 Å². The SMILES string of the molecule is O=C(NCC(O)(c1cccs1)C1CC1)c1ccc(S(=O)(=O)N2CCCC2)cc1. The van der Waals surface area contributed by atoms with Crippen LogP contribution in [0.15, 0.2) is 46.7 Å². The zero-order valence-corrected chi connectivity index (χ0v) is 17.1. The molecule has 1 aromatic carbocycles. The minimum Gasteiger partial charge on any atom is -0.382 e. The van der Waals surface area contributed by atoms with Crippen molar-refractivity contribution in [2.75, 3.05) is 19.6 Å². The van der Waals surface area contributed by atoms with Gasteiger partial charge < -0.3 is 10.4 Å². The average molecular weight is 421 g/mol. The van der Waals surface area contributed by atoms with E-state index >= 15 is 0 Å². The van der Waals surface area contributed by atoms with Gasteiger partial charge in [0.25, 0.3) is 5.91 Å². The number of nitrogens with one attached hydrogen (secondary N) is 1. The molecule has 0 spiro atoms. The molecule has 1 atom stereocenters. The summed E-state index contributed by atoms with van der Waals surface area (Å²) >= 11 is 1.49. The van der Waals surface area contributed by atoms with E-state index in [-0.39, 0.29) is 23.3 Å². The maximum absolute atomic E-state index is 12.6. The van der Waals surface area contributed by atoms with Crippen LogP contribution < -0.4 is 5.32 Å². The lowest BCUT2D eigenvalue weighted by molar-refractivity contribution is 0.0169. The van der Waals surface area contributed by atoms with Crippen molar-refractivity contribution in [2.45, 2.75) is 36.2 Å². The molecule has 1 saturated carbocycles. The molecule has 1 aromatic heterocycles. The first-order valence-electron chi connectivity index (χ1n) is 9.56. The topological polar surface area (TPSA) is 86.7 Å². The van der Waals surface area contributed by atoms with Gasteiger partial charge in [-0.1, -0.05) is 6.07 Å². The summed E-state index contributed by atoms with van der Waals surface area (Å²) in [5.41, 5.74) is -0.659. The lowest BCUT2D eigenvalue weighted by Gasteiger charge is -2.27. The monoisotopic (exact) mass is 420 g/mol. The van der Waals surface area contributed by atoms with Gasteiger partial charge in [-0.25, -0.2) is 8.42 Å². The van der Waals surface area contributed by atoms with E-state index < -0.39 is 15.6 Å². The molecule has 2 aliphatic rings. The molecule has 2 N–H and O–H groups in total. The highest BCUT2D eigenvalue weighted by Crippen LogP contribution is 2.46. The number of amides is 1. The Hall–Kier alpha value is -1.74. The van der Waals surface area contributed by atoms with Crippen LogP contribution in [0.2, 0.25) is 0 Å². The highest BCUT2D eigenvalue weighted by atomic mass is 32.2. The zero-order chi connectivity index (χ0) is 19.8. The quantitative estimate of drug-likeness (QED) is 0.721. The lowest BCUT2D eigenvalue weighted by Crippen LogP contribution is -2.42. The smallest absolute Gasteiger partial charge is 0.251 e. The first kappa shape index (κ1) is 19.6. The molecule has 2 heterocycles. The second-order valence-electron chi connectivity index (χ2n) is 7.49. The summed E-state index contributed by atoms with van der Waals surface area (Å²) in [5.74, 6) is -0.153. The van der Waals surface area contributed by atoms with Crippen LogP contribution in [0.4, 0.5) is 0 Å². The van der Waals surface area contributed by atoms with Crippen molar-refractivity contribution in [1.82, 2.24) is 9.62 Å². The maximum atomic E-state index is 12.6.